The first kappa shape index (κ1) is 8.03. The van der Waals surface area contributed by atoms with Gasteiger partial charge < -0.3 is 0 Å². The largest absolute Gasteiger partial charge is 0.299 e. The van der Waals surface area contributed by atoms with Gasteiger partial charge in [-0.05, 0) is 24.2 Å². The summed E-state index contributed by atoms with van der Waals surface area (Å²) >= 11 is 0. The normalized spacial score (nSPS) is 38.8. The van der Waals surface area contributed by atoms with E-state index in [9.17, 15) is 4.79 Å². The number of hydrogen-bond acceptors (Lipinski definition) is 1. The van der Waals surface area contributed by atoms with Crippen LogP contribution in [0.3, 0.4) is 0 Å². The number of ketones is 1. The van der Waals surface area contributed by atoms with Crippen LogP contribution in [0.4, 0.5) is 0 Å². The minimum absolute atomic E-state index is 0.182. The van der Waals surface area contributed by atoms with E-state index in [-0.39, 0.29) is 5.41 Å². The fourth-order valence-electron chi connectivity index (χ4n) is 2.80. The van der Waals surface area contributed by atoms with Gasteiger partial charge in [0.1, 0.15) is 5.78 Å². The SMILES string of the molecule is C=C1CC(C)(C)C2CC1CC2=O. The third-order valence-corrected chi connectivity index (χ3v) is 3.56. The highest BCUT2D eigenvalue weighted by atomic mass is 16.1. The number of Topliss-reactive ketones (excluding diaryl/α,β-unsaturated/α-hetero) is 1. The summed E-state index contributed by atoms with van der Waals surface area (Å²) in [5, 5.41) is 0. The average molecular weight is 164 g/mol. The molecule has 0 N–H and O–H groups in total. The summed E-state index contributed by atoms with van der Waals surface area (Å²) in [7, 11) is 0. The number of carbonyl (C=O) groups excluding carboxylic acids is 1. The molecule has 0 aliphatic heterocycles. The van der Waals surface area contributed by atoms with Crippen LogP contribution in [-0.2, 0) is 4.79 Å². The molecule has 0 aromatic carbocycles. The van der Waals surface area contributed by atoms with Crippen LogP contribution < -0.4 is 0 Å². The van der Waals surface area contributed by atoms with Crippen LogP contribution in [0.15, 0.2) is 12.2 Å². The Labute approximate surface area is 73.8 Å². The quantitative estimate of drug-likeness (QED) is 0.503. The maximum atomic E-state index is 11.6. The van der Waals surface area contributed by atoms with Crippen LogP contribution in [0.5, 0.6) is 0 Å². The van der Waals surface area contributed by atoms with Gasteiger partial charge in [-0.3, -0.25) is 4.79 Å². The van der Waals surface area contributed by atoms with Crippen molar-refractivity contribution in [2.75, 3.05) is 0 Å². The molecule has 2 fully saturated rings. The van der Waals surface area contributed by atoms with Crippen molar-refractivity contribution in [2.45, 2.75) is 33.1 Å². The first-order chi connectivity index (χ1) is 5.50. The molecule has 2 atom stereocenters. The second-order valence-electron chi connectivity index (χ2n) is 4.98. The van der Waals surface area contributed by atoms with Gasteiger partial charge in [-0.15, -0.1) is 0 Å². The van der Waals surface area contributed by atoms with Crippen molar-refractivity contribution in [2.24, 2.45) is 17.3 Å². The molecule has 0 radical (unpaired) electrons. The Bertz CT molecular complexity index is 248. The van der Waals surface area contributed by atoms with Gasteiger partial charge in [-0.1, -0.05) is 26.0 Å². The van der Waals surface area contributed by atoms with Crippen LogP contribution >= 0.6 is 0 Å². The zero-order chi connectivity index (χ0) is 8.93. The van der Waals surface area contributed by atoms with Gasteiger partial charge in [-0.2, -0.15) is 0 Å². The lowest BCUT2D eigenvalue weighted by Crippen LogP contribution is -2.30. The fourth-order valence-corrected chi connectivity index (χ4v) is 2.80. The van der Waals surface area contributed by atoms with Crippen LogP contribution in [-0.4, -0.2) is 5.78 Å². The van der Waals surface area contributed by atoms with E-state index in [1.165, 1.54) is 5.57 Å². The van der Waals surface area contributed by atoms with E-state index in [2.05, 4.69) is 20.4 Å². The van der Waals surface area contributed by atoms with E-state index in [0.717, 1.165) is 19.3 Å². The van der Waals surface area contributed by atoms with E-state index in [1.54, 1.807) is 0 Å². The minimum atomic E-state index is 0.182. The van der Waals surface area contributed by atoms with E-state index in [0.29, 0.717) is 17.6 Å². The molecule has 0 aromatic rings. The Kier molecular flexibility index (Phi) is 1.48. The maximum Gasteiger partial charge on any atom is 0.137 e. The number of rotatable bonds is 0. The Morgan fingerprint density at radius 3 is 2.83 bits per heavy atom. The molecule has 2 bridgehead atoms. The first-order valence-corrected chi connectivity index (χ1v) is 4.71. The molecule has 1 heteroatoms. The molecule has 2 rings (SSSR count). The van der Waals surface area contributed by atoms with Gasteiger partial charge in [0.2, 0.25) is 0 Å². The van der Waals surface area contributed by atoms with Crippen molar-refractivity contribution in [1.82, 2.24) is 0 Å². The summed E-state index contributed by atoms with van der Waals surface area (Å²) in [6.07, 6.45) is 2.89. The molecule has 1 nitrogen and oxygen atoms in total. The molecule has 2 aliphatic rings. The lowest BCUT2D eigenvalue weighted by molar-refractivity contribution is -0.123. The number of allylic oxidation sites excluding steroid dienone is 1. The van der Waals surface area contributed by atoms with Gasteiger partial charge in [0.05, 0.1) is 0 Å². The molecule has 2 aliphatic carbocycles. The molecule has 66 valence electrons. The molecular weight excluding hydrogens is 148 g/mol. The number of carbonyl (C=O) groups is 1. The van der Waals surface area contributed by atoms with Crippen molar-refractivity contribution in [3.8, 4) is 0 Å². The fraction of sp³-hybridized carbons (Fsp3) is 0.727. The molecule has 0 saturated heterocycles. The van der Waals surface area contributed by atoms with Crippen LogP contribution in [0.1, 0.15) is 33.1 Å². The summed E-state index contributed by atoms with van der Waals surface area (Å²) in [4.78, 5) is 11.6. The Morgan fingerprint density at radius 1 is 1.50 bits per heavy atom. The van der Waals surface area contributed by atoms with Crippen LogP contribution in [0, 0.1) is 17.3 Å². The first-order valence-electron chi connectivity index (χ1n) is 4.71. The zero-order valence-electron chi connectivity index (χ0n) is 7.89. The smallest absolute Gasteiger partial charge is 0.137 e. The maximum absolute atomic E-state index is 11.6. The Hall–Kier alpha value is -0.590. The summed E-state index contributed by atoms with van der Waals surface area (Å²) in [5.41, 5.74) is 1.49. The standard InChI is InChI=1S/C11H16O/c1-7-6-11(2,3)9-4-8(7)5-10(9)12/h8-9H,1,4-6H2,2-3H3. The lowest BCUT2D eigenvalue weighted by Gasteiger charge is -2.36. The van der Waals surface area contributed by atoms with Crippen LogP contribution in [0.2, 0.25) is 0 Å². The monoisotopic (exact) mass is 164 g/mol. The van der Waals surface area contributed by atoms with Crippen molar-refractivity contribution in [1.29, 1.82) is 0 Å². The highest BCUT2D eigenvalue weighted by Crippen LogP contribution is 2.51. The van der Waals surface area contributed by atoms with Gasteiger partial charge >= 0.3 is 0 Å². The second kappa shape index (κ2) is 2.21. The third-order valence-electron chi connectivity index (χ3n) is 3.56. The van der Waals surface area contributed by atoms with E-state index >= 15 is 0 Å². The molecule has 0 aromatic heterocycles. The van der Waals surface area contributed by atoms with E-state index in [4.69, 9.17) is 0 Å². The topological polar surface area (TPSA) is 17.1 Å². The molecule has 0 heterocycles. The summed E-state index contributed by atoms with van der Waals surface area (Å²) in [6.45, 7) is 8.46. The predicted octanol–water partition coefficient (Wildman–Crippen LogP) is 2.57. The van der Waals surface area contributed by atoms with Crippen LogP contribution in [0.25, 0.3) is 0 Å². The second-order valence-corrected chi connectivity index (χ2v) is 4.98. The Balaban J connectivity index is 2.34. The molecule has 2 unspecified atom stereocenters. The summed E-state index contributed by atoms with van der Waals surface area (Å²) in [6, 6.07) is 0. The van der Waals surface area contributed by atoms with Crippen molar-refractivity contribution < 1.29 is 4.79 Å². The van der Waals surface area contributed by atoms with Gasteiger partial charge in [0, 0.05) is 12.3 Å². The van der Waals surface area contributed by atoms with Gasteiger partial charge in [0.15, 0.2) is 0 Å². The van der Waals surface area contributed by atoms with Crippen molar-refractivity contribution in [3.05, 3.63) is 12.2 Å². The molecule has 0 spiro atoms. The minimum Gasteiger partial charge on any atom is -0.299 e. The third kappa shape index (κ3) is 0.954. The highest BCUT2D eigenvalue weighted by molar-refractivity contribution is 5.85. The van der Waals surface area contributed by atoms with Gasteiger partial charge in [0.25, 0.3) is 0 Å². The van der Waals surface area contributed by atoms with E-state index in [1.807, 2.05) is 0 Å². The van der Waals surface area contributed by atoms with E-state index < -0.39 is 0 Å². The Morgan fingerprint density at radius 2 is 2.17 bits per heavy atom. The number of hydrogen-bond donors (Lipinski definition) is 0. The molecular formula is C11H16O. The van der Waals surface area contributed by atoms with Crippen molar-refractivity contribution in [3.63, 3.8) is 0 Å². The molecule has 12 heavy (non-hydrogen) atoms. The zero-order valence-corrected chi connectivity index (χ0v) is 7.89. The summed E-state index contributed by atoms with van der Waals surface area (Å²) < 4.78 is 0. The average Bonchev–Trinajstić information content (AvgIpc) is 2.26. The molecule has 0 amide bonds. The molecule has 2 saturated carbocycles. The number of fused-ring (bicyclic) bond motifs is 2. The lowest BCUT2D eigenvalue weighted by atomic mass is 9.68. The summed E-state index contributed by atoms with van der Waals surface area (Å²) in [5.74, 6) is 1.33. The van der Waals surface area contributed by atoms with Gasteiger partial charge in [-0.25, -0.2) is 0 Å². The predicted molar refractivity (Wildman–Crippen MR) is 48.8 cm³/mol. The highest BCUT2D eigenvalue weighted by Gasteiger charge is 2.47. The van der Waals surface area contributed by atoms with Crippen molar-refractivity contribution >= 4 is 5.78 Å².